The number of benzene rings is 2. The number of fused-ring (bicyclic) bond motifs is 1. The first-order valence-electron chi connectivity index (χ1n) is 11.3. The molecule has 1 atom stereocenters. The van der Waals surface area contributed by atoms with Gasteiger partial charge in [-0.3, -0.25) is 4.79 Å². The zero-order valence-electron chi connectivity index (χ0n) is 18.7. The number of rotatable bonds is 7. The van der Waals surface area contributed by atoms with Crippen LogP contribution in [0.25, 0.3) is 0 Å². The molecule has 10 heteroatoms. The largest absolute Gasteiger partial charge is 0.330 e. The summed E-state index contributed by atoms with van der Waals surface area (Å²) in [7, 11) is -3.87. The first-order chi connectivity index (χ1) is 16.7. The summed E-state index contributed by atoms with van der Waals surface area (Å²) >= 11 is 20.3. The Morgan fingerprint density at radius 2 is 1.71 bits per heavy atom. The monoisotopic (exact) mass is 568 g/mol. The molecule has 1 fully saturated rings. The molecular weight excluding hydrogens is 547 g/mol. The Hall–Kier alpha value is -1.61. The van der Waals surface area contributed by atoms with Crippen LogP contribution >= 0.6 is 46.1 Å². The van der Waals surface area contributed by atoms with Crippen molar-refractivity contribution in [3.05, 3.63) is 85.0 Å². The number of hydrogen-bond acceptors (Lipinski definition) is 4. The number of halogens is 3. The lowest BCUT2D eigenvalue weighted by atomic mass is 9.93. The second-order valence-corrected chi connectivity index (χ2v) is 13.1. The molecule has 0 bridgehead atoms. The Bertz CT molecular complexity index is 1350. The molecule has 1 aliphatic carbocycles. The molecule has 1 saturated carbocycles. The van der Waals surface area contributed by atoms with Crippen molar-refractivity contribution < 1.29 is 13.2 Å². The molecule has 1 amide bonds. The molecule has 0 spiro atoms. The van der Waals surface area contributed by atoms with Crippen molar-refractivity contribution in [1.29, 1.82) is 0 Å². The topological polar surface area (TPSA) is 57.7 Å². The molecule has 0 unspecified atom stereocenters. The van der Waals surface area contributed by atoms with E-state index in [-0.39, 0.29) is 23.3 Å². The van der Waals surface area contributed by atoms with E-state index in [4.69, 9.17) is 34.8 Å². The number of thiophene rings is 1. The lowest BCUT2D eigenvalue weighted by Crippen LogP contribution is -2.47. The molecule has 1 aromatic heterocycles. The Labute approximate surface area is 224 Å². The molecule has 2 aromatic carbocycles. The molecule has 2 aliphatic rings. The molecule has 5 nitrogen and oxygen atoms in total. The van der Waals surface area contributed by atoms with Crippen LogP contribution in [0.5, 0.6) is 0 Å². The molecule has 1 aliphatic heterocycles. The number of amides is 1. The van der Waals surface area contributed by atoms with Crippen molar-refractivity contribution in [2.75, 3.05) is 19.6 Å². The fourth-order valence-electron chi connectivity index (χ4n) is 4.48. The molecule has 2 heterocycles. The second-order valence-electron chi connectivity index (χ2n) is 8.90. The highest BCUT2D eigenvalue weighted by Gasteiger charge is 2.38. The molecule has 5 rings (SSSR count). The molecule has 184 valence electrons. The van der Waals surface area contributed by atoms with Crippen molar-refractivity contribution in [3.8, 4) is 0 Å². The Morgan fingerprint density at radius 3 is 2.40 bits per heavy atom. The van der Waals surface area contributed by atoms with Crippen LogP contribution in [0.2, 0.25) is 15.1 Å². The van der Waals surface area contributed by atoms with E-state index in [0.29, 0.717) is 34.6 Å². The number of carbonyl (C=O) groups excluding carboxylic acids is 1. The predicted molar refractivity (Wildman–Crippen MR) is 141 cm³/mol. The molecule has 0 N–H and O–H groups in total. The minimum absolute atomic E-state index is 0.131. The number of hydrogen-bond donors (Lipinski definition) is 0. The first kappa shape index (κ1) is 25.1. The average Bonchev–Trinajstić information content (AvgIpc) is 3.51. The molecule has 0 saturated heterocycles. The summed E-state index contributed by atoms with van der Waals surface area (Å²) in [6.07, 6.45) is 2.64. The van der Waals surface area contributed by atoms with Gasteiger partial charge in [0, 0.05) is 33.0 Å². The van der Waals surface area contributed by atoms with Gasteiger partial charge >= 0.3 is 0 Å². The van der Waals surface area contributed by atoms with E-state index in [1.807, 2.05) is 17.5 Å². The maximum absolute atomic E-state index is 13.8. The van der Waals surface area contributed by atoms with E-state index in [2.05, 4.69) is 0 Å². The highest BCUT2D eigenvalue weighted by molar-refractivity contribution is 7.89. The van der Waals surface area contributed by atoms with E-state index in [0.717, 1.165) is 24.0 Å². The molecular formula is C25H23Cl3N2O3S2. The van der Waals surface area contributed by atoms with Gasteiger partial charge in [-0.15, -0.1) is 11.3 Å². The second kappa shape index (κ2) is 10.0. The van der Waals surface area contributed by atoms with Gasteiger partial charge in [-0.05, 0) is 84.2 Å². The number of carbonyl (C=O) groups is 1. The van der Waals surface area contributed by atoms with Crippen molar-refractivity contribution in [3.63, 3.8) is 0 Å². The van der Waals surface area contributed by atoms with Crippen LogP contribution in [0, 0.1) is 5.92 Å². The normalized spacial score (nSPS) is 18.1. The zero-order valence-corrected chi connectivity index (χ0v) is 22.6. The van der Waals surface area contributed by atoms with Gasteiger partial charge < -0.3 is 4.90 Å². The third kappa shape index (κ3) is 5.26. The first-order valence-corrected chi connectivity index (χ1v) is 14.8. The highest BCUT2D eigenvalue weighted by Crippen LogP contribution is 2.41. The summed E-state index contributed by atoms with van der Waals surface area (Å²) in [4.78, 5) is 16.9. The minimum Gasteiger partial charge on any atom is -0.330 e. The van der Waals surface area contributed by atoms with Crippen LogP contribution in [0.4, 0.5) is 0 Å². The van der Waals surface area contributed by atoms with Gasteiger partial charge in [-0.25, -0.2) is 8.42 Å². The van der Waals surface area contributed by atoms with Gasteiger partial charge in [0.15, 0.2) is 0 Å². The summed E-state index contributed by atoms with van der Waals surface area (Å²) in [5.74, 6) is 0.0206. The lowest BCUT2D eigenvalue weighted by Gasteiger charge is -2.38. The fraction of sp³-hybridized carbons (Fsp3) is 0.320. The quantitative estimate of drug-likeness (QED) is 0.336. The SMILES string of the molecule is O=C(CN(CC1CC1)S(=O)(=O)c1ccc(Cl)cc1)N1CCc2sccc2[C@H]1c1ccc(Cl)cc1Cl. The third-order valence-electron chi connectivity index (χ3n) is 6.47. The number of nitrogens with zero attached hydrogens (tertiary/aromatic N) is 2. The van der Waals surface area contributed by atoms with E-state index >= 15 is 0 Å². The van der Waals surface area contributed by atoms with Crippen LogP contribution in [-0.2, 0) is 21.2 Å². The Morgan fingerprint density at radius 1 is 1.00 bits per heavy atom. The Kier molecular flexibility index (Phi) is 7.19. The van der Waals surface area contributed by atoms with Crippen LogP contribution < -0.4 is 0 Å². The van der Waals surface area contributed by atoms with Crippen molar-refractivity contribution in [1.82, 2.24) is 9.21 Å². The summed E-state index contributed by atoms with van der Waals surface area (Å²) in [6.45, 7) is 0.567. The maximum atomic E-state index is 13.8. The van der Waals surface area contributed by atoms with Crippen LogP contribution in [0.1, 0.15) is 34.9 Å². The average molecular weight is 570 g/mol. The Balaban J connectivity index is 1.47. The number of sulfonamides is 1. The van der Waals surface area contributed by atoms with E-state index in [1.54, 1.807) is 40.5 Å². The van der Waals surface area contributed by atoms with Gasteiger partial charge in [0.25, 0.3) is 0 Å². The van der Waals surface area contributed by atoms with Crippen molar-refractivity contribution in [2.24, 2.45) is 5.92 Å². The molecule has 3 aromatic rings. The summed E-state index contributed by atoms with van der Waals surface area (Å²) in [5, 5.41) is 3.46. The van der Waals surface area contributed by atoms with Gasteiger partial charge in [-0.2, -0.15) is 4.31 Å². The van der Waals surface area contributed by atoms with Gasteiger partial charge in [-0.1, -0.05) is 40.9 Å². The highest BCUT2D eigenvalue weighted by atomic mass is 35.5. The summed E-state index contributed by atoms with van der Waals surface area (Å²) in [5.41, 5.74) is 1.80. The standard InChI is InChI=1S/C25H23Cl3N2O3S2/c26-17-3-6-19(7-4-17)35(32,33)29(14-16-1-2-16)15-24(31)30-11-9-23-21(10-12-34-23)25(30)20-8-5-18(27)13-22(20)28/h3-8,10,12-13,16,25H,1-2,9,11,14-15H2/t25-/m1/s1. The van der Waals surface area contributed by atoms with Gasteiger partial charge in [0.2, 0.25) is 15.9 Å². The maximum Gasteiger partial charge on any atom is 0.243 e. The summed E-state index contributed by atoms with van der Waals surface area (Å²) in [6, 6.07) is 13.0. The third-order valence-corrected chi connectivity index (χ3v) is 10.1. The smallest absolute Gasteiger partial charge is 0.243 e. The summed E-state index contributed by atoms with van der Waals surface area (Å²) < 4.78 is 28.3. The van der Waals surface area contributed by atoms with Gasteiger partial charge in [0.1, 0.15) is 0 Å². The van der Waals surface area contributed by atoms with Crippen LogP contribution in [-0.4, -0.2) is 43.2 Å². The van der Waals surface area contributed by atoms with Crippen molar-refractivity contribution >= 4 is 62.1 Å². The van der Waals surface area contributed by atoms with E-state index in [1.165, 1.54) is 21.3 Å². The van der Waals surface area contributed by atoms with Crippen LogP contribution in [0.3, 0.4) is 0 Å². The fourth-order valence-corrected chi connectivity index (χ4v) is 7.48. The minimum atomic E-state index is -3.87. The van der Waals surface area contributed by atoms with E-state index < -0.39 is 16.1 Å². The molecule has 0 radical (unpaired) electrons. The zero-order chi connectivity index (χ0) is 24.7. The van der Waals surface area contributed by atoms with Gasteiger partial charge in [0.05, 0.1) is 17.5 Å². The predicted octanol–water partition coefficient (Wildman–Crippen LogP) is 6.28. The lowest BCUT2D eigenvalue weighted by molar-refractivity contribution is -0.133. The van der Waals surface area contributed by atoms with Crippen LogP contribution in [0.15, 0.2) is 58.8 Å². The molecule has 35 heavy (non-hydrogen) atoms. The van der Waals surface area contributed by atoms with Crippen molar-refractivity contribution in [2.45, 2.75) is 30.2 Å². The van der Waals surface area contributed by atoms with E-state index in [9.17, 15) is 13.2 Å².